The molecule has 2 aromatic rings. The number of H-pyrrole nitrogens is 1. The first-order chi connectivity index (χ1) is 9.47. The highest BCUT2D eigenvalue weighted by Gasteiger charge is 2.21. The summed E-state index contributed by atoms with van der Waals surface area (Å²) in [6.45, 7) is 1.94. The Morgan fingerprint density at radius 2 is 2.20 bits per heavy atom. The molecule has 108 valence electrons. The summed E-state index contributed by atoms with van der Waals surface area (Å²) >= 11 is 0. The lowest BCUT2D eigenvalue weighted by Crippen LogP contribution is -2.16. The van der Waals surface area contributed by atoms with Crippen LogP contribution in [0.5, 0.6) is 5.75 Å². The number of benzene rings is 1. The normalized spacial score (nSPS) is 11.3. The third kappa shape index (κ3) is 2.75. The van der Waals surface area contributed by atoms with Crippen LogP contribution in [0.2, 0.25) is 0 Å². The zero-order valence-corrected chi connectivity index (χ0v) is 12.0. The lowest BCUT2D eigenvalue weighted by Gasteiger charge is -2.12. The Hall–Kier alpha value is -2.06. The Kier molecular flexibility index (Phi) is 3.96. The second-order valence-corrected chi connectivity index (χ2v) is 5.86. The van der Waals surface area contributed by atoms with E-state index in [0.29, 0.717) is 17.0 Å². The van der Waals surface area contributed by atoms with Gasteiger partial charge in [0.05, 0.1) is 19.0 Å². The zero-order chi connectivity index (χ0) is 14.8. The van der Waals surface area contributed by atoms with E-state index < -0.39 is 10.0 Å². The fourth-order valence-electron chi connectivity index (χ4n) is 1.77. The van der Waals surface area contributed by atoms with Crippen LogP contribution in [0.1, 0.15) is 11.1 Å². The van der Waals surface area contributed by atoms with E-state index in [1.54, 1.807) is 12.1 Å². The van der Waals surface area contributed by atoms with E-state index in [-0.39, 0.29) is 11.6 Å². The lowest BCUT2D eigenvalue weighted by atomic mass is 10.2. The van der Waals surface area contributed by atoms with Gasteiger partial charge in [0.2, 0.25) is 0 Å². The maximum Gasteiger partial charge on any atom is 0.279 e. The summed E-state index contributed by atoms with van der Waals surface area (Å²) in [5.74, 6) is 0.438. The predicted octanol–water partition coefficient (Wildman–Crippen LogP) is 0.986. The lowest BCUT2D eigenvalue weighted by molar-refractivity contribution is 0.417. The Labute approximate surface area is 117 Å². The number of sulfonamides is 1. The second kappa shape index (κ2) is 5.51. The number of ether oxygens (including phenoxy) is 1. The predicted molar refractivity (Wildman–Crippen MR) is 75.0 cm³/mol. The first-order valence-corrected chi connectivity index (χ1v) is 7.36. The molecule has 20 heavy (non-hydrogen) atoms. The van der Waals surface area contributed by atoms with Crippen LogP contribution in [0.4, 0.5) is 5.69 Å². The molecule has 4 N–H and O–H groups in total. The number of hydrogen-bond acceptors (Lipinski definition) is 5. The number of rotatable bonds is 5. The molecule has 1 aromatic carbocycles. The topological polar surface area (TPSA) is 110 Å². The zero-order valence-electron chi connectivity index (χ0n) is 11.2. The van der Waals surface area contributed by atoms with Crippen molar-refractivity contribution in [1.82, 2.24) is 10.2 Å². The van der Waals surface area contributed by atoms with Crippen LogP contribution in [-0.4, -0.2) is 25.7 Å². The Morgan fingerprint density at radius 1 is 1.45 bits per heavy atom. The molecule has 2 rings (SSSR count). The number of methoxy groups -OCH3 is 1. The quantitative estimate of drug-likeness (QED) is 0.762. The highest BCUT2D eigenvalue weighted by Crippen LogP contribution is 2.27. The van der Waals surface area contributed by atoms with E-state index in [1.165, 1.54) is 13.3 Å². The Balaban J connectivity index is 2.41. The van der Waals surface area contributed by atoms with E-state index in [2.05, 4.69) is 14.9 Å². The van der Waals surface area contributed by atoms with Crippen molar-refractivity contribution in [3.63, 3.8) is 0 Å². The summed E-state index contributed by atoms with van der Waals surface area (Å²) in [7, 11) is -2.31. The molecule has 1 heterocycles. The molecule has 0 fully saturated rings. The van der Waals surface area contributed by atoms with Crippen molar-refractivity contribution in [2.24, 2.45) is 5.73 Å². The fraction of sp³-hybridized carbons (Fsp3) is 0.250. The van der Waals surface area contributed by atoms with E-state index in [9.17, 15) is 8.42 Å². The van der Waals surface area contributed by atoms with Crippen LogP contribution in [-0.2, 0) is 16.6 Å². The minimum Gasteiger partial charge on any atom is -0.495 e. The van der Waals surface area contributed by atoms with Crippen molar-refractivity contribution in [2.75, 3.05) is 11.8 Å². The molecule has 0 aliphatic carbocycles. The summed E-state index contributed by atoms with van der Waals surface area (Å²) in [6, 6.07) is 5.22. The third-order valence-electron chi connectivity index (χ3n) is 2.77. The number of aryl methyl sites for hydroxylation is 1. The van der Waals surface area contributed by atoms with Gasteiger partial charge in [0.1, 0.15) is 5.75 Å². The molecule has 0 unspecified atom stereocenters. The van der Waals surface area contributed by atoms with Gasteiger partial charge >= 0.3 is 0 Å². The van der Waals surface area contributed by atoms with Crippen molar-refractivity contribution >= 4 is 15.7 Å². The maximum absolute atomic E-state index is 12.3. The number of aromatic nitrogens is 2. The van der Waals surface area contributed by atoms with Gasteiger partial charge in [-0.3, -0.25) is 9.82 Å². The fourth-order valence-corrected chi connectivity index (χ4v) is 2.98. The van der Waals surface area contributed by atoms with Gasteiger partial charge in [-0.1, -0.05) is 6.07 Å². The summed E-state index contributed by atoms with van der Waals surface area (Å²) < 4.78 is 32.3. The molecule has 1 aromatic heterocycles. The number of aromatic amines is 1. The SMILES string of the molecule is COc1ccc(C)cc1NS(=O)(=O)c1[nH]ncc1CN. The van der Waals surface area contributed by atoms with Gasteiger partial charge in [-0.2, -0.15) is 13.5 Å². The van der Waals surface area contributed by atoms with Crippen LogP contribution in [0.3, 0.4) is 0 Å². The highest BCUT2D eigenvalue weighted by atomic mass is 32.2. The van der Waals surface area contributed by atoms with Gasteiger partial charge < -0.3 is 10.5 Å². The monoisotopic (exact) mass is 296 g/mol. The van der Waals surface area contributed by atoms with E-state index >= 15 is 0 Å². The average Bonchev–Trinajstić information content (AvgIpc) is 2.87. The molecule has 0 amide bonds. The van der Waals surface area contributed by atoms with E-state index in [0.717, 1.165) is 5.56 Å². The minimum atomic E-state index is -3.79. The largest absolute Gasteiger partial charge is 0.495 e. The number of nitrogens with zero attached hydrogens (tertiary/aromatic N) is 1. The first-order valence-electron chi connectivity index (χ1n) is 5.87. The summed E-state index contributed by atoms with van der Waals surface area (Å²) in [4.78, 5) is 0. The smallest absolute Gasteiger partial charge is 0.279 e. The van der Waals surface area contributed by atoms with Gasteiger partial charge in [0.15, 0.2) is 5.03 Å². The van der Waals surface area contributed by atoms with Gasteiger partial charge in [-0.15, -0.1) is 0 Å². The maximum atomic E-state index is 12.3. The molecule has 7 nitrogen and oxygen atoms in total. The second-order valence-electron chi connectivity index (χ2n) is 4.24. The summed E-state index contributed by atoms with van der Waals surface area (Å²) in [5.41, 5.74) is 7.18. The van der Waals surface area contributed by atoms with Crippen LogP contribution in [0.15, 0.2) is 29.4 Å². The van der Waals surface area contributed by atoms with Crippen LogP contribution >= 0.6 is 0 Å². The minimum absolute atomic E-state index is 0.0384. The van der Waals surface area contributed by atoms with E-state index in [4.69, 9.17) is 10.5 Å². The van der Waals surface area contributed by atoms with Crippen molar-refractivity contribution in [3.05, 3.63) is 35.5 Å². The van der Waals surface area contributed by atoms with Gasteiger partial charge in [-0.05, 0) is 24.6 Å². The van der Waals surface area contributed by atoms with Crippen molar-refractivity contribution in [2.45, 2.75) is 18.5 Å². The number of anilines is 1. The van der Waals surface area contributed by atoms with Crippen LogP contribution in [0, 0.1) is 6.92 Å². The van der Waals surface area contributed by atoms with Crippen molar-refractivity contribution in [3.8, 4) is 5.75 Å². The molecule has 0 aliphatic heterocycles. The van der Waals surface area contributed by atoms with Gasteiger partial charge in [-0.25, -0.2) is 0 Å². The molecule has 0 atom stereocenters. The molecule has 0 radical (unpaired) electrons. The molecule has 0 spiro atoms. The Morgan fingerprint density at radius 3 is 2.85 bits per heavy atom. The van der Waals surface area contributed by atoms with E-state index in [1.807, 2.05) is 13.0 Å². The molecule has 0 aliphatic rings. The first kappa shape index (κ1) is 14.4. The standard InChI is InChI=1S/C12H16N4O3S/c1-8-3-4-11(19-2)10(5-8)16-20(17,18)12-9(6-13)7-14-15-12/h3-5,7,16H,6,13H2,1-2H3,(H,14,15). The molecule has 8 heteroatoms. The number of hydrogen-bond donors (Lipinski definition) is 3. The summed E-state index contributed by atoms with van der Waals surface area (Å²) in [6.07, 6.45) is 1.39. The third-order valence-corrected chi connectivity index (χ3v) is 4.15. The number of nitrogens with one attached hydrogen (secondary N) is 2. The number of nitrogens with two attached hydrogens (primary N) is 1. The van der Waals surface area contributed by atoms with Crippen LogP contribution in [0.25, 0.3) is 0 Å². The average molecular weight is 296 g/mol. The van der Waals surface area contributed by atoms with Gasteiger partial charge in [0, 0.05) is 12.1 Å². The Bertz CT molecular complexity index is 709. The summed E-state index contributed by atoms with van der Waals surface area (Å²) in [5, 5.41) is 6.12. The molecule has 0 saturated carbocycles. The van der Waals surface area contributed by atoms with Crippen LogP contribution < -0.4 is 15.2 Å². The molecule has 0 saturated heterocycles. The molecule has 0 bridgehead atoms. The molecular weight excluding hydrogens is 280 g/mol. The highest BCUT2D eigenvalue weighted by molar-refractivity contribution is 7.92. The molecular formula is C12H16N4O3S. The van der Waals surface area contributed by atoms with Crippen molar-refractivity contribution < 1.29 is 13.2 Å². The van der Waals surface area contributed by atoms with Crippen molar-refractivity contribution in [1.29, 1.82) is 0 Å². The van der Waals surface area contributed by atoms with Gasteiger partial charge in [0.25, 0.3) is 10.0 Å².